The predicted molar refractivity (Wildman–Crippen MR) is 106 cm³/mol. The highest BCUT2D eigenvalue weighted by Crippen LogP contribution is 2.42. The molecule has 0 unspecified atom stereocenters. The van der Waals surface area contributed by atoms with Crippen molar-refractivity contribution in [3.63, 3.8) is 0 Å². The smallest absolute Gasteiger partial charge is 0.233 e. The van der Waals surface area contributed by atoms with E-state index in [0.29, 0.717) is 31.5 Å². The van der Waals surface area contributed by atoms with E-state index >= 15 is 0 Å². The van der Waals surface area contributed by atoms with Crippen LogP contribution in [0.4, 0.5) is 10.1 Å². The summed E-state index contributed by atoms with van der Waals surface area (Å²) >= 11 is 0. The van der Waals surface area contributed by atoms with Gasteiger partial charge in [0.25, 0.3) is 0 Å². The van der Waals surface area contributed by atoms with Gasteiger partial charge in [-0.25, -0.2) is 4.39 Å². The summed E-state index contributed by atoms with van der Waals surface area (Å²) in [7, 11) is 0. The van der Waals surface area contributed by atoms with Crippen molar-refractivity contribution in [1.82, 2.24) is 4.90 Å². The van der Waals surface area contributed by atoms with Crippen LogP contribution in [0.1, 0.15) is 31.2 Å². The Hall–Kier alpha value is -2.69. The van der Waals surface area contributed by atoms with Gasteiger partial charge in [0, 0.05) is 25.3 Å². The Morgan fingerprint density at radius 3 is 2.43 bits per heavy atom. The number of piperidine rings is 2. The fourth-order valence-electron chi connectivity index (χ4n) is 4.51. The molecule has 4 rings (SSSR count). The molecule has 2 amide bonds. The van der Waals surface area contributed by atoms with Crippen LogP contribution in [-0.2, 0) is 16.0 Å². The Labute approximate surface area is 164 Å². The standard InChI is InChI=1S/C23H25FN2O2/c24-19-7-4-6-18(16-19)17-21(27)25-14-11-23(12-15-25)10-5-13-26(22(23)28)20-8-2-1-3-9-20/h1-4,6-9,16H,5,10-15,17H2. The molecule has 2 heterocycles. The molecule has 1 spiro atoms. The maximum absolute atomic E-state index is 13.4. The van der Waals surface area contributed by atoms with E-state index in [1.165, 1.54) is 12.1 Å². The number of benzene rings is 2. The molecule has 2 fully saturated rings. The molecule has 146 valence electrons. The third-order valence-corrected chi connectivity index (χ3v) is 6.12. The molecular formula is C23H25FN2O2. The first-order valence-electron chi connectivity index (χ1n) is 9.97. The zero-order valence-corrected chi connectivity index (χ0v) is 15.9. The van der Waals surface area contributed by atoms with Crippen LogP contribution in [0.5, 0.6) is 0 Å². The monoisotopic (exact) mass is 380 g/mol. The molecule has 2 aromatic carbocycles. The molecule has 0 aromatic heterocycles. The third kappa shape index (κ3) is 3.66. The van der Waals surface area contributed by atoms with Crippen molar-refractivity contribution in [2.24, 2.45) is 5.41 Å². The van der Waals surface area contributed by atoms with Gasteiger partial charge < -0.3 is 9.80 Å². The number of amides is 2. The number of nitrogens with zero attached hydrogens (tertiary/aromatic N) is 2. The Morgan fingerprint density at radius 2 is 1.71 bits per heavy atom. The van der Waals surface area contributed by atoms with E-state index in [9.17, 15) is 14.0 Å². The topological polar surface area (TPSA) is 40.6 Å². The number of anilines is 1. The molecule has 5 heteroatoms. The average molecular weight is 380 g/mol. The van der Waals surface area contributed by atoms with Crippen molar-refractivity contribution in [3.8, 4) is 0 Å². The van der Waals surface area contributed by atoms with Crippen molar-refractivity contribution in [3.05, 3.63) is 66.0 Å². The van der Waals surface area contributed by atoms with E-state index in [4.69, 9.17) is 0 Å². The summed E-state index contributed by atoms with van der Waals surface area (Å²) in [6, 6.07) is 16.0. The van der Waals surface area contributed by atoms with Crippen molar-refractivity contribution < 1.29 is 14.0 Å². The van der Waals surface area contributed by atoms with Crippen molar-refractivity contribution in [1.29, 1.82) is 0 Å². The molecule has 0 radical (unpaired) electrons. The highest BCUT2D eigenvalue weighted by molar-refractivity contribution is 5.98. The fraction of sp³-hybridized carbons (Fsp3) is 0.391. The number of para-hydroxylation sites is 1. The molecule has 0 bridgehead atoms. The van der Waals surface area contributed by atoms with Crippen LogP contribution in [0.2, 0.25) is 0 Å². The largest absolute Gasteiger partial charge is 0.342 e. The van der Waals surface area contributed by atoms with E-state index in [0.717, 1.165) is 25.1 Å². The molecule has 2 saturated heterocycles. The highest BCUT2D eigenvalue weighted by Gasteiger charge is 2.46. The van der Waals surface area contributed by atoms with Crippen LogP contribution in [0.3, 0.4) is 0 Å². The minimum atomic E-state index is -0.357. The van der Waals surface area contributed by atoms with Gasteiger partial charge in [0.05, 0.1) is 11.8 Å². The second-order valence-corrected chi connectivity index (χ2v) is 7.86. The molecule has 0 N–H and O–H groups in total. The van der Waals surface area contributed by atoms with Gasteiger partial charge in [-0.2, -0.15) is 0 Å². The van der Waals surface area contributed by atoms with Crippen molar-refractivity contribution >= 4 is 17.5 Å². The van der Waals surface area contributed by atoms with E-state index < -0.39 is 0 Å². The summed E-state index contributed by atoms with van der Waals surface area (Å²) in [6.45, 7) is 1.93. The zero-order valence-electron chi connectivity index (χ0n) is 15.9. The molecule has 2 aromatic rings. The third-order valence-electron chi connectivity index (χ3n) is 6.12. The lowest BCUT2D eigenvalue weighted by atomic mass is 9.71. The number of carbonyl (C=O) groups excluding carboxylic acids is 2. The van der Waals surface area contributed by atoms with Crippen LogP contribution in [-0.4, -0.2) is 36.3 Å². The maximum atomic E-state index is 13.4. The summed E-state index contributed by atoms with van der Waals surface area (Å²) < 4.78 is 13.4. The fourth-order valence-corrected chi connectivity index (χ4v) is 4.51. The lowest BCUT2D eigenvalue weighted by Gasteiger charge is -2.46. The number of halogens is 1. The first-order valence-corrected chi connectivity index (χ1v) is 9.97. The van der Waals surface area contributed by atoms with Gasteiger partial charge in [0.15, 0.2) is 0 Å². The summed E-state index contributed by atoms with van der Waals surface area (Å²) in [5, 5.41) is 0. The number of carbonyl (C=O) groups is 2. The summed E-state index contributed by atoms with van der Waals surface area (Å²) in [4.78, 5) is 29.6. The quantitative estimate of drug-likeness (QED) is 0.813. The number of hydrogen-bond acceptors (Lipinski definition) is 2. The SMILES string of the molecule is O=C(Cc1cccc(F)c1)N1CCC2(CCCN(c3ccccc3)C2=O)CC1. The first-order chi connectivity index (χ1) is 13.6. The minimum Gasteiger partial charge on any atom is -0.342 e. The summed E-state index contributed by atoms with van der Waals surface area (Å²) in [6.07, 6.45) is 3.47. The number of rotatable bonds is 3. The van der Waals surface area contributed by atoms with Gasteiger partial charge in [-0.1, -0.05) is 30.3 Å². The molecule has 0 aliphatic carbocycles. The van der Waals surface area contributed by atoms with E-state index in [1.54, 1.807) is 12.1 Å². The van der Waals surface area contributed by atoms with Crippen molar-refractivity contribution in [2.45, 2.75) is 32.1 Å². The van der Waals surface area contributed by atoms with Gasteiger partial charge in [0.1, 0.15) is 5.82 Å². The molecule has 0 saturated carbocycles. The molecule has 4 nitrogen and oxygen atoms in total. The van der Waals surface area contributed by atoms with E-state index in [2.05, 4.69) is 0 Å². The maximum Gasteiger partial charge on any atom is 0.233 e. The Balaban J connectivity index is 1.41. The molecule has 2 aliphatic heterocycles. The van der Waals surface area contributed by atoms with Gasteiger partial charge in [-0.05, 0) is 55.5 Å². The molecule has 28 heavy (non-hydrogen) atoms. The van der Waals surface area contributed by atoms with Gasteiger partial charge in [-0.3, -0.25) is 9.59 Å². The zero-order chi connectivity index (χ0) is 19.6. The van der Waals surface area contributed by atoms with Crippen LogP contribution in [0.15, 0.2) is 54.6 Å². The van der Waals surface area contributed by atoms with Gasteiger partial charge >= 0.3 is 0 Å². The predicted octanol–water partition coefficient (Wildman–Crippen LogP) is 3.80. The van der Waals surface area contributed by atoms with E-state index in [-0.39, 0.29) is 29.5 Å². The van der Waals surface area contributed by atoms with Gasteiger partial charge in [-0.15, -0.1) is 0 Å². The Kier molecular flexibility index (Phi) is 5.16. The lowest BCUT2D eigenvalue weighted by molar-refractivity contribution is -0.140. The first kappa shape index (κ1) is 18.7. The van der Waals surface area contributed by atoms with Crippen LogP contribution < -0.4 is 4.90 Å². The van der Waals surface area contributed by atoms with Crippen molar-refractivity contribution in [2.75, 3.05) is 24.5 Å². The lowest BCUT2D eigenvalue weighted by Crippen LogP contribution is -2.54. The van der Waals surface area contributed by atoms with Crippen LogP contribution in [0.25, 0.3) is 0 Å². The number of hydrogen-bond donors (Lipinski definition) is 0. The highest BCUT2D eigenvalue weighted by atomic mass is 19.1. The van der Waals surface area contributed by atoms with Gasteiger partial charge in [0.2, 0.25) is 11.8 Å². The van der Waals surface area contributed by atoms with E-state index in [1.807, 2.05) is 40.1 Å². The second-order valence-electron chi connectivity index (χ2n) is 7.86. The Bertz CT molecular complexity index is 860. The van der Waals surface area contributed by atoms with Crippen LogP contribution >= 0.6 is 0 Å². The van der Waals surface area contributed by atoms with Crippen LogP contribution in [0, 0.1) is 11.2 Å². The summed E-state index contributed by atoms with van der Waals surface area (Å²) in [5.41, 5.74) is 1.29. The summed E-state index contributed by atoms with van der Waals surface area (Å²) in [5.74, 6) is -0.123. The minimum absolute atomic E-state index is 0.00336. The molecule has 0 atom stereocenters. The molecule has 2 aliphatic rings. The second kappa shape index (κ2) is 7.74. The molecular weight excluding hydrogens is 355 g/mol. The Morgan fingerprint density at radius 1 is 0.964 bits per heavy atom. The normalized spacial score (nSPS) is 19.1. The number of likely N-dealkylation sites (tertiary alicyclic amines) is 1. The average Bonchev–Trinajstić information content (AvgIpc) is 2.71.